The average molecular weight is 321 g/mol. The first-order valence-corrected chi connectivity index (χ1v) is 7.84. The van der Waals surface area contributed by atoms with Crippen LogP contribution in [-0.4, -0.2) is 30.5 Å². The number of carbonyl (C=O) groups is 1. The predicted octanol–water partition coefficient (Wildman–Crippen LogP) is 3.70. The first-order chi connectivity index (χ1) is 10.5. The van der Waals surface area contributed by atoms with Gasteiger partial charge in [0.1, 0.15) is 11.4 Å². The molecule has 128 valence electrons. The maximum Gasteiger partial charge on any atom is 0.412 e. The van der Waals surface area contributed by atoms with Gasteiger partial charge in [-0.1, -0.05) is 13.8 Å². The second-order valence-electron chi connectivity index (χ2n) is 7.84. The summed E-state index contributed by atoms with van der Waals surface area (Å²) in [7, 11) is 1.60. The molecule has 0 aliphatic heterocycles. The largest absolute Gasteiger partial charge is 0.497 e. The van der Waals surface area contributed by atoms with Crippen LogP contribution in [0.5, 0.6) is 5.75 Å². The smallest absolute Gasteiger partial charge is 0.412 e. The summed E-state index contributed by atoms with van der Waals surface area (Å²) < 4.78 is 10.6. The van der Waals surface area contributed by atoms with Crippen LogP contribution in [0.2, 0.25) is 0 Å². The van der Waals surface area contributed by atoms with Crippen LogP contribution < -0.4 is 10.1 Å². The Morgan fingerprint density at radius 1 is 1.35 bits per heavy atom. The van der Waals surface area contributed by atoms with Crippen LogP contribution in [0.4, 0.5) is 10.5 Å². The van der Waals surface area contributed by atoms with Crippen LogP contribution in [0.25, 0.3) is 0 Å². The highest BCUT2D eigenvalue weighted by Gasteiger charge is 2.62. The molecule has 0 spiro atoms. The van der Waals surface area contributed by atoms with E-state index in [0.717, 1.165) is 12.0 Å². The number of anilines is 1. The number of aliphatic hydroxyl groups excluding tert-OH is 1. The molecule has 0 aromatic heterocycles. The van der Waals surface area contributed by atoms with E-state index in [4.69, 9.17) is 9.47 Å². The number of amides is 1. The molecule has 1 aromatic carbocycles. The van der Waals surface area contributed by atoms with Crippen molar-refractivity contribution in [1.29, 1.82) is 0 Å². The molecule has 2 rings (SSSR count). The summed E-state index contributed by atoms with van der Waals surface area (Å²) in [5.74, 6) is 0.699. The second-order valence-corrected chi connectivity index (χ2v) is 7.84. The molecule has 0 saturated heterocycles. The monoisotopic (exact) mass is 321 g/mol. The molecule has 1 aromatic rings. The molecule has 0 radical (unpaired) electrons. The van der Waals surface area contributed by atoms with E-state index in [0.29, 0.717) is 11.4 Å². The maximum atomic E-state index is 12.1. The molecule has 2 N–H and O–H groups in total. The number of aliphatic hydroxyl groups is 1. The predicted molar refractivity (Wildman–Crippen MR) is 90.0 cm³/mol. The van der Waals surface area contributed by atoms with Gasteiger partial charge in [0.15, 0.2) is 0 Å². The lowest BCUT2D eigenvalue weighted by Gasteiger charge is -2.24. The molecule has 1 saturated carbocycles. The summed E-state index contributed by atoms with van der Waals surface area (Å²) in [5, 5.41) is 12.8. The maximum absolute atomic E-state index is 12.1. The van der Waals surface area contributed by atoms with E-state index in [1.165, 1.54) is 0 Å². The molecular formula is C18H27NO4. The van der Waals surface area contributed by atoms with Crippen molar-refractivity contribution in [3.05, 3.63) is 23.8 Å². The van der Waals surface area contributed by atoms with Gasteiger partial charge in [0, 0.05) is 11.1 Å². The Hall–Kier alpha value is -1.75. The van der Waals surface area contributed by atoms with E-state index < -0.39 is 11.7 Å². The van der Waals surface area contributed by atoms with E-state index in [9.17, 15) is 9.90 Å². The van der Waals surface area contributed by atoms with Crippen LogP contribution in [0.1, 0.15) is 46.6 Å². The van der Waals surface area contributed by atoms with E-state index in [1.54, 1.807) is 19.2 Å². The summed E-state index contributed by atoms with van der Waals surface area (Å²) >= 11 is 0. The van der Waals surface area contributed by atoms with Crippen LogP contribution in [0.3, 0.4) is 0 Å². The van der Waals surface area contributed by atoms with Gasteiger partial charge in [-0.2, -0.15) is 0 Å². The van der Waals surface area contributed by atoms with Gasteiger partial charge in [0.25, 0.3) is 0 Å². The van der Waals surface area contributed by atoms with Crippen molar-refractivity contribution in [1.82, 2.24) is 0 Å². The van der Waals surface area contributed by atoms with E-state index in [1.807, 2.05) is 26.8 Å². The molecule has 1 atom stereocenters. The standard InChI is InChI=1S/C18H27NO4/c1-16(2,3)23-15(21)19-14-8-7-12(22-6)9-13(14)18(11-20)10-17(18,4)5/h7-9,20H,10-11H2,1-6H3,(H,19,21). The zero-order valence-electron chi connectivity index (χ0n) is 14.8. The molecule has 5 nitrogen and oxygen atoms in total. The van der Waals surface area contributed by atoms with Crippen molar-refractivity contribution >= 4 is 11.8 Å². The third-order valence-electron chi connectivity index (χ3n) is 4.56. The Kier molecular flexibility index (Phi) is 4.37. The molecule has 1 aliphatic carbocycles. The lowest BCUT2D eigenvalue weighted by atomic mass is 9.87. The molecule has 1 unspecified atom stereocenters. The second kappa shape index (κ2) is 5.71. The van der Waals surface area contributed by atoms with Crippen LogP contribution in [0, 0.1) is 5.41 Å². The van der Waals surface area contributed by atoms with E-state index >= 15 is 0 Å². The Labute approximate surface area is 138 Å². The van der Waals surface area contributed by atoms with Crippen molar-refractivity contribution in [2.75, 3.05) is 19.0 Å². The van der Waals surface area contributed by atoms with E-state index in [2.05, 4.69) is 19.2 Å². The highest BCUT2D eigenvalue weighted by Crippen LogP contribution is 2.65. The Morgan fingerprint density at radius 2 is 1.96 bits per heavy atom. The van der Waals surface area contributed by atoms with Gasteiger partial charge in [-0.05, 0) is 56.4 Å². The van der Waals surface area contributed by atoms with Gasteiger partial charge < -0.3 is 14.6 Å². The molecule has 1 aliphatic rings. The molecule has 5 heteroatoms. The quantitative estimate of drug-likeness (QED) is 0.887. The SMILES string of the molecule is COc1ccc(NC(=O)OC(C)(C)C)c(C2(CO)CC2(C)C)c1. The number of carbonyl (C=O) groups excluding carboxylic acids is 1. The summed E-state index contributed by atoms with van der Waals surface area (Å²) in [5.41, 5.74) is 0.573. The van der Waals surface area contributed by atoms with Gasteiger partial charge in [-0.15, -0.1) is 0 Å². The molecule has 1 fully saturated rings. The molecule has 23 heavy (non-hydrogen) atoms. The summed E-state index contributed by atoms with van der Waals surface area (Å²) in [6, 6.07) is 5.47. The molecule has 0 bridgehead atoms. The number of nitrogens with one attached hydrogen (secondary N) is 1. The van der Waals surface area contributed by atoms with Gasteiger partial charge in [0.2, 0.25) is 0 Å². The average Bonchev–Trinajstić information content (AvgIpc) is 3.00. The Morgan fingerprint density at radius 3 is 2.39 bits per heavy atom. The minimum absolute atomic E-state index is 0.0240. The lowest BCUT2D eigenvalue weighted by molar-refractivity contribution is 0.0635. The van der Waals surface area contributed by atoms with Crippen LogP contribution >= 0.6 is 0 Å². The fourth-order valence-corrected chi connectivity index (χ4v) is 3.09. The zero-order valence-corrected chi connectivity index (χ0v) is 14.8. The normalized spacial score (nSPS) is 22.4. The number of hydrogen-bond acceptors (Lipinski definition) is 4. The van der Waals surface area contributed by atoms with Crippen molar-refractivity contribution in [3.8, 4) is 5.75 Å². The van der Waals surface area contributed by atoms with Crippen molar-refractivity contribution < 1.29 is 19.4 Å². The first kappa shape index (κ1) is 17.6. The van der Waals surface area contributed by atoms with Gasteiger partial charge in [0.05, 0.1) is 13.7 Å². The van der Waals surface area contributed by atoms with Crippen LogP contribution in [-0.2, 0) is 10.2 Å². The number of methoxy groups -OCH3 is 1. The van der Waals surface area contributed by atoms with E-state index in [-0.39, 0.29) is 17.4 Å². The number of benzene rings is 1. The highest BCUT2D eigenvalue weighted by atomic mass is 16.6. The molecule has 0 heterocycles. The third kappa shape index (κ3) is 3.44. The topological polar surface area (TPSA) is 67.8 Å². The number of rotatable bonds is 4. The van der Waals surface area contributed by atoms with Gasteiger partial charge in [-0.3, -0.25) is 5.32 Å². The fourth-order valence-electron chi connectivity index (χ4n) is 3.09. The number of ether oxygens (including phenoxy) is 2. The van der Waals surface area contributed by atoms with Crippen LogP contribution in [0.15, 0.2) is 18.2 Å². The fraction of sp³-hybridized carbons (Fsp3) is 0.611. The summed E-state index contributed by atoms with van der Waals surface area (Å²) in [6.07, 6.45) is 0.350. The summed E-state index contributed by atoms with van der Waals surface area (Å²) in [4.78, 5) is 12.1. The van der Waals surface area contributed by atoms with Crippen molar-refractivity contribution in [2.45, 2.75) is 52.1 Å². The third-order valence-corrected chi connectivity index (χ3v) is 4.56. The first-order valence-electron chi connectivity index (χ1n) is 7.84. The zero-order chi connectivity index (χ0) is 17.5. The summed E-state index contributed by atoms with van der Waals surface area (Å²) in [6.45, 7) is 9.71. The van der Waals surface area contributed by atoms with Crippen molar-refractivity contribution in [3.63, 3.8) is 0 Å². The van der Waals surface area contributed by atoms with Crippen molar-refractivity contribution in [2.24, 2.45) is 5.41 Å². The van der Waals surface area contributed by atoms with Gasteiger partial charge >= 0.3 is 6.09 Å². The molecular weight excluding hydrogens is 294 g/mol. The Balaban J connectivity index is 2.36. The highest BCUT2D eigenvalue weighted by molar-refractivity contribution is 5.87. The minimum atomic E-state index is -0.565. The minimum Gasteiger partial charge on any atom is -0.497 e. The lowest BCUT2D eigenvalue weighted by Crippen LogP contribution is -2.29. The Bertz CT molecular complexity index is 604. The molecule has 1 amide bonds. The number of hydrogen-bond donors (Lipinski definition) is 2. The van der Waals surface area contributed by atoms with Gasteiger partial charge in [-0.25, -0.2) is 4.79 Å².